The summed E-state index contributed by atoms with van der Waals surface area (Å²) in [5.74, 6) is 0.416. The minimum atomic E-state index is 0.416. The van der Waals surface area contributed by atoms with Crippen LogP contribution in [0.15, 0.2) is 77.5 Å². The van der Waals surface area contributed by atoms with Crippen LogP contribution < -0.4 is 0 Å². The van der Waals surface area contributed by atoms with Crippen LogP contribution in [0.3, 0.4) is 0 Å². The van der Waals surface area contributed by atoms with Gasteiger partial charge in [0.1, 0.15) is 6.26 Å². The van der Waals surface area contributed by atoms with Crippen LogP contribution in [-0.4, -0.2) is 47.7 Å². The maximum absolute atomic E-state index is 4.94. The first kappa shape index (κ1) is 17.0. The summed E-state index contributed by atoms with van der Waals surface area (Å²) >= 11 is 0. The van der Waals surface area contributed by atoms with Crippen molar-refractivity contribution in [3.63, 3.8) is 0 Å². The summed E-state index contributed by atoms with van der Waals surface area (Å²) in [6.07, 6.45) is 1.65. The monoisotopic (exact) mass is 347 g/mol. The smallest absolute Gasteiger partial charge is 0.124 e. The number of rotatable bonds is 6. The average molecular weight is 347 g/mol. The highest BCUT2D eigenvalue weighted by Gasteiger charge is 2.22. The lowest BCUT2D eigenvalue weighted by atomic mass is 9.90. The fraction of sp³-hybridized carbons (Fsp3) is 0.318. The van der Waals surface area contributed by atoms with Crippen LogP contribution in [0.1, 0.15) is 22.7 Å². The molecule has 1 aliphatic rings. The molecule has 0 atom stereocenters. The van der Waals surface area contributed by atoms with E-state index in [4.69, 9.17) is 4.52 Å². The second kappa shape index (κ2) is 8.30. The van der Waals surface area contributed by atoms with Crippen LogP contribution in [0, 0.1) is 0 Å². The van der Waals surface area contributed by atoms with Crippen molar-refractivity contribution in [1.82, 2.24) is 15.0 Å². The minimum Gasteiger partial charge on any atom is -0.364 e. The Morgan fingerprint density at radius 1 is 0.769 bits per heavy atom. The average Bonchev–Trinajstić information content (AvgIpc) is 3.22. The standard InChI is InChI=1S/C22H25N3O/c1-3-7-19(8-4-1)22(20-9-5-2-6-10-20)18-25-14-12-24(13-15-25)17-21-11-16-26-23-21/h1-11,16,22H,12-15,17-18H2. The van der Waals surface area contributed by atoms with Crippen LogP contribution in [0.4, 0.5) is 0 Å². The molecule has 0 bridgehead atoms. The summed E-state index contributed by atoms with van der Waals surface area (Å²) in [7, 11) is 0. The molecule has 26 heavy (non-hydrogen) atoms. The van der Waals surface area contributed by atoms with Crippen molar-refractivity contribution >= 4 is 0 Å². The molecule has 4 heteroatoms. The number of aromatic nitrogens is 1. The van der Waals surface area contributed by atoms with E-state index in [0.717, 1.165) is 45.0 Å². The molecule has 0 spiro atoms. The molecule has 1 aliphatic heterocycles. The number of nitrogens with zero attached hydrogens (tertiary/aromatic N) is 3. The van der Waals surface area contributed by atoms with Crippen molar-refractivity contribution in [1.29, 1.82) is 0 Å². The largest absolute Gasteiger partial charge is 0.364 e. The van der Waals surface area contributed by atoms with Crippen LogP contribution in [-0.2, 0) is 6.54 Å². The van der Waals surface area contributed by atoms with Crippen molar-refractivity contribution in [3.05, 3.63) is 89.8 Å². The molecule has 134 valence electrons. The second-order valence-corrected chi connectivity index (χ2v) is 6.94. The summed E-state index contributed by atoms with van der Waals surface area (Å²) in [6, 6.07) is 23.7. The van der Waals surface area contributed by atoms with E-state index in [1.54, 1.807) is 6.26 Å². The third kappa shape index (κ3) is 4.21. The van der Waals surface area contributed by atoms with Crippen molar-refractivity contribution in [2.24, 2.45) is 0 Å². The maximum Gasteiger partial charge on any atom is 0.124 e. The molecule has 0 amide bonds. The van der Waals surface area contributed by atoms with E-state index in [1.165, 1.54) is 11.1 Å². The fourth-order valence-electron chi connectivity index (χ4n) is 3.71. The summed E-state index contributed by atoms with van der Waals surface area (Å²) < 4.78 is 4.94. The van der Waals surface area contributed by atoms with Gasteiger partial charge >= 0.3 is 0 Å². The summed E-state index contributed by atoms with van der Waals surface area (Å²) in [5, 5.41) is 4.03. The van der Waals surface area contributed by atoms with E-state index in [-0.39, 0.29) is 0 Å². The van der Waals surface area contributed by atoms with E-state index >= 15 is 0 Å². The molecule has 1 aromatic heterocycles. The molecule has 2 heterocycles. The molecular formula is C22H25N3O. The lowest BCUT2D eigenvalue weighted by Crippen LogP contribution is -2.47. The minimum absolute atomic E-state index is 0.416. The van der Waals surface area contributed by atoms with E-state index in [0.29, 0.717) is 5.92 Å². The van der Waals surface area contributed by atoms with Gasteiger partial charge in [-0.25, -0.2) is 0 Å². The Morgan fingerprint density at radius 3 is 1.88 bits per heavy atom. The third-order valence-electron chi connectivity index (χ3n) is 5.19. The molecule has 2 aromatic carbocycles. The molecule has 0 aliphatic carbocycles. The number of benzene rings is 2. The highest BCUT2D eigenvalue weighted by Crippen LogP contribution is 2.26. The van der Waals surface area contributed by atoms with Gasteiger partial charge in [-0.05, 0) is 11.1 Å². The number of piperazine rings is 1. The topological polar surface area (TPSA) is 32.5 Å². The van der Waals surface area contributed by atoms with Gasteiger partial charge in [0, 0.05) is 51.3 Å². The zero-order chi connectivity index (χ0) is 17.6. The molecular weight excluding hydrogens is 322 g/mol. The van der Waals surface area contributed by atoms with Gasteiger partial charge in [-0.3, -0.25) is 9.80 Å². The molecule has 1 fully saturated rings. The number of hydrogen-bond acceptors (Lipinski definition) is 4. The Labute approximate surface area is 155 Å². The van der Waals surface area contributed by atoms with Gasteiger partial charge < -0.3 is 4.52 Å². The van der Waals surface area contributed by atoms with Crippen LogP contribution >= 0.6 is 0 Å². The van der Waals surface area contributed by atoms with Crippen LogP contribution in [0.2, 0.25) is 0 Å². The zero-order valence-corrected chi connectivity index (χ0v) is 15.0. The first-order valence-corrected chi connectivity index (χ1v) is 9.32. The van der Waals surface area contributed by atoms with Crippen molar-refractivity contribution in [2.45, 2.75) is 12.5 Å². The van der Waals surface area contributed by atoms with Gasteiger partial charge in [-0.1, -0.05) is 65.8 Å². The Bertz CT molecular complexity index is 726. The second-order valence-electron chi connectivity index (χ2n) is 6.94. The normalized spacial score (nSPS) is 16.2. The van der Waals surface area contributed by atoms with E-state index in [9.17, 15) is 0 Å². The van der Waals surface area contributed by atoms with Gasteiger partial charge in [0.05, 0.1) is 5.69 Å². The predicted octanol–water partition coefficient (Wildman–Crippen LogP) is 3.62. The molecule has 4 rings (SSSR count). The Kier molecular flexibility index (Phi) is 5.43. The third-order valence-corrected chi connectivity index (χ3v) is 5.19. The lowest BCUT2D eigenvalue weighted by molar-refractivity contribution is 0.122. The van der Waals surface area contributed by atoms with E-state index in [1.807, 2.05) is 6.07 Å². The van der Waals surface area contributed by atoms with Crippen LogP contribution in [0.25, 0.3) is 0 Å². The molecule has 3 aromatic rings. The van der Waals surface area contributed by atoms with E-state index in [2.05, 4.69) is 75.6 Å². The van der Waals surface area contributed by atoms with Gasteiger partial charge in [-0.2, -0.15) is 0 Å². The van der Waals surface area contributed by atoms with Crippen molar-refractivity contribution in [2.75, 3.05) is 32.7 Å². The van der Waals surface area contributed by atoms with Crippen molar-refractivity contribution < 1.29 is 4.52 Å². The molecule has 4 nitrogen and oxygen atoms in total. The highest BCUT2D eigenvalue weighted by molar-refractivity contribution is 5.32. The first-order valence-electron chi connectivity index (χ1n) is 9.32. The maximum atomic E-state index is 4.94. The summed E-state index contributed by atoms with van der Waals surface area (Å²) in [5.41, 5.74) is 3.80. The predicted molar refractivity (Wildman–Crippen MR) is 103 cm³/mol. The quantitative estimate of drug-likeness (QED) is 0.682. The van der Waals surface area contributed by atoms with Gasteiger partial charge in [0.25, 0.3) is 0 Å². The zero-order valence-electron chi connectivity index (χ0n) is 15.0. The Balaban J connectivity index is 1.41. The molecule has 0 unspecified atom stereocenters. The highest BCUT2D eigenvalue weighted by atomic mass is 16.5. The molecule has 0 saturated carbocycles. The van der Waals surface area contributed by atoms with Gasteiger partial charge in [-0.15, -0.1) is 0 Å². The fourth-order valence-corrected chi connectivity index (χ4v) is 3.71. The molecule has 0 N–H and O–H groups in total. The van der Waals surface area contributed by atoms with Gasteiger partial charge in [0.15, 0.2) is 0 Å². The summed E-state index contributed by atoms with van der Waals surface area (Å²) in [6.45, 7) is 6.27. The SMILES string of the molecule is c1ccc(C(CN2CCN(Cc3ccon3)CC2)c2ccccc2)cc1. The molecule has 1 saturated heterocycles. The first-order chi connectivity index (χ1) is 12.9. The number of hydrogen-bond donors (Lipinski definition) is 0. The summed E-state index contributed by atoms with van der Waals surface area (Å²) in [4.78, 5) is 5.04. The van der Waals surface area contributed by atoms with E-state index < -0.39 is 0 Å². The van der Waals surface area contributed by atoms with Gasteiger partial charge in [0.2, 0.25) is 0 Å². The Morgan fingerprint density at radius 2 is 1.35 bits per heavy atom. The lowest BCUT2D eigenvalue weighted by Gasteiger charge is -2.36. The molecule has 0 radical (unpaired) electrons. The Hall–Kier alpha value is -2.43. The van der Waals surface area contributed by atoms with Crippen molar-refractivity contribution in [3.8, 4) is 0 Å². The van der Waals surface area contributed by atoms with Crippen LogP contribution in [0.5, 0.6) is 0 Å².